The van der Waals surface area contributed by atoms with E-state index in [0.29, 0.717) is 5.92 Å². The standard InChI is InChI=1S/C15H24N2/c1-2-3-6-11-17-12-13(9-10-16)14-7-4-5-8-15(14)17/h4-5,7-8,13H,2-3,6,9-12,16H2,1H3. The number of hydrogen-bond acceptors (Lipinski definition) is 2. The molecular weight excluding hydrogens is 208 g/mol. The summed E-state index contributed by atoms with van der Waals surface area (Å²) in [6, 6.07) is 8.83. The van der Waals surface area contributed by atoms with Crippen LogP contribution in [0.4, 0.5) is 5.69 Å². The molecule has 1 aliphatic heterocycles. The Hall–Kier alpha value is -1.02. The normalized spacial score (nSPS) is 18.5. The van der Waals surface area contributed by atoms with Crippen LogP contribution in [0.25, 0.3) is 0 Å². The fourth-order valence-electron chi connectivity index (χ4n) is 2.80. The number of nitrogens with two attached hydrogens (primary N) is 1. The first-order valence-electron chi connectivity index (χ1n) is 6.90. The third kappa shape index (κ3) is 2.81. The number of hydrogen-bond donors (Lipinski definition) is 1. The average Bonchev–Trinajstić information content (AvgIpc) is 2.70. The molecule has 1 aliphatic rings. The molecule has 1 unspecified atom stereocenters. The summed E-state index contributed by atoms with van der Waals surface area (Å²) in [6.07, 6.45) is 5.05. The van der Waals surface area contributed by atoms with Gasteiger partial charge in [-0.3, -0.25) is 0 Å². The van der Waals surface area contributed by atoms with E-state index in [1.165, 1.54) is 43.6 Å². The Balaban J connectivity index is 2.05. The monoisotopic (exact) mass is 232 g/mol. The molecule has 0 radical (unpaired) electrons. The molecule has 2 rings (SSSR count). The zero-order valence-electron chi connectivity index (χ0n) is 10.9. The first kappa shape index (κ1) is 12.4. The molecule has 0 saturated carbocycles. The van der Waals surface area contributed by atoms with E-state index in [-0.39, 0.29) is 0 Å². The fraction of sp³-hybridized carbons (Fsp3) is 0.600. The van der Waals surface area contributed by atoms with Crippen molar-refractivity contribution in [1.82, 2.24) is 0 Å². The van der Waals surface area contributed by atoms with Crippen molar-refractivity contribution in [2.45, 2.75) is 38.5 Å². The second-order valence-corrected chi connectivity index (χ2v) is 4.99. The van der Waals surface area contributed by atoms with Crippen LogP contribution in [0.3, 0.4) is 0 Å². The van der Waals surface area contributed by atoms with Gasteiger partial charge in [0.05, 0.1) is 0 Å². The lowest BCUT2D eigenvalue weighted by Gasteiger charge is -2.19. The van der Waals surface area contributed by atoms with Crippen LogP contribution in [0.5, 0.6) is 0 Å². The van der Waals surface area contributed by atoms with E-state index in [1.54, 1.807) is 0 Å². The van der Waals surface area contributed by atoms with E-state index in [1.807, 2.05) is 0 Å². The van der Waals surface area contributed by atoms with Crippen LogP contribution in [0.15, 0.2) is 24.3 Å². The van der Waals surface area contributed by atoms with E-state index in [9.17, 15) is 0 Å². The number of fused-ring (bicyclic) bond motifs is 1. The highest BCUT2D eigenvalue weighted by atomic mass is 15.2. The third-order valence-corrected chi connectivity index (χ3v) is 3.70. The highest BCUT2D eigenvalue weighted by Gasteiger charge is 2.26. The lowest BCUT2D eigenvalue weighted by atomic mass is 9.98. The molecule has 0 saturated heterocycles. The first-order chi connectivity index (χ1) is 8.36. The molecule has 0 spiro atoms. The predicted octanol–water partition coefficient (Wildman–Crippen LogP) is 3.13. The van der Waals surface area contributed by atoms with E-state index in [4.69, 9.17) is 5.73 Å². The minimum atomic E-state index is 0.651. The Morgan fingerprint density at radius 3 is 2.88 bits per heavy atom. The molecule has 0 amide bonds. The highest BCUT2D eigenvalue weighted by Crippen LogP contribution is 2.37. The molecule has 2 nitrogen and oxygen atoms in total. The van der Waals surface area contributed by atoms with Crippen molar-refractivity contribution < 1.29 is 0 Å². The van der Waals surface area contributed by atoms with Crippen LogP contribution in [-0.2, 0) is 0 Å². The van der Waals surface area contributed by atoms with Crippen LogP contribution >= 0.6 is 0 Å². The highest BCUT2D eigenvalue weighted by molar-refractivity contribution is 5.60. The summed E-state index contributed by atoms with van der Waals surface area (Å²) >= 11 is 0. The second kappa shape index (κ2) is 6.06. The Labute approximate surface area is 105 Å². The number of nitrogens with zero attached hydrogens (tertiary/aromatic N) is 1. The van der Waals surface area contributed by atoms with Crippen molar-refractivity contribution >= 4 is 5.69 Å². The van der Waals surface area contributed by atoms with Gasteiger partial charge in [0.1, 0.15) is 0 Å². The van der Waals surface area contributed by atoms with Gasteiger partial charge in [-0.05, 0) is 31.0 Å². The van der Waals surface area contributed by atoms with Crippen molar-refractivity contribution in [2.24, 2.45) is 5.73 Å². The maximum absolute atomic E-state index is 5.71. The van der Waals surface area contributed by atoms with Gasteiger partial charge in [0.25, 0.3) is 0 Å². The molecule has 1 aromatic carbocycles. The zero-order valence-corrected chi connectivity index (χ0v) is 10.9. The zero-order chi connectivity index (χ0) is 12.1. The van der Waals surface area contributed by atoms with E-state index in [0.717, 1.165) is 13.0 Å². The summed E-state index contributed by atoms with van der Waals surface area (Å²) in [5, 5.41) is 0. The molecule has 0 fully saturated rings. The summed E-state index contributed by atoms with van der Waals surface area (Å²) in [6.45, 7) is 5.42. The smallest absolute Gasteiger partial charge is 0.0402 e. The van der Waals surface area contributed by atoms with Gasteiger partial charge in [-0.15, -0.1) is 0 Å². The van der Waals surface area contributed by atoms with Gasteiger partial charge in [0.2, 0.25) is 0 Å². The number of unbranched alkanes of at least 4 members (excludes halogenated alkanes) is 2. The summed E-state index contributed by atoms with van der Waals surface area (Å²) in [7, 11) is 0. The van der Waals surface area contributed by atoms with E-state index >= 15 is 0 Å². The Morgan fingerprint density at radius 2 is 2.12 bits per heavy atom. The van der Waals surface area contributed by atoms with Crippen LogP contribution < -0.4 is 10.6 Å². The van der Waals surface area contributed by atoms with Crippen molar-refractivity contribution in [3.05, 3.63) is 29.8 Å². The first-order valence-corrected chi connectivity index (χ1v) is 6.90. The van der Waals surface area contributed by atoms with Crippen molar-refractivity contribution in [3.63, 3.8) is 0 Å². The number of rotatable bonds is 6. The van der Waals surface area contributed by atoms with E-state index in [2.05, 4.69) is 36.1 Å². The quantitative estimate of drug-likeness (QED) is 0.764. The molecule has 1 atom stereocenters. The van der Waals surface area contributed by atoms with Gasteiger partial charge in [-0.2, -0.15) is 0 Å². The molecule has 0 aromatic heterocycles. The molecule has 1 aromatic rings. The molecule has 0 bridgehead atoms. The Bertz CT molecular complexity index is 349. The van der Waals surface area contributed by atoms with Gasteiger partial charge in [0.15, 0.2) is 0 Å². The number of para-hydroxylation sites is 1. The van der Waals surface area contributed by atoms with Crippen LogP contribution in [0.2, 0.25) is 0 Å². The predicted molar refractivity (Wildman–Crippen MR) is 74.6 cm³/mol. The number of anilines is 1. The second-order valence-electron chi connectivity index (χ2n) is 4.99. The Kier molecular flexibility index (Phi) is 4.43. The molecular formula is C15H24N2. The minimum Gasteiger partial charge on any atom is -0.371 e. The maximum Gasteiger partial charge on any atom is 0.0402 e. The van der Waals surface area contributed by atoms with Crippen LogP contribution in [-0.4, -0.2) is 19.6 Å². The molecule has 17 heavy (non-hydrogen) atoms. The van der Waals surface area contributed by atoms with Crippen molar-refractivity contribution in [3.8, 4) is 0 Å². The molecule has 2 heteroatoms. The lowest BCUT2D eigenvalue weighted by Crippen LogP contribution is -2.23. The van der Waals surface area contributed by atoms with Crippen molar-refractivity contribution in [1.29, 1.82) is 0 Å². The van der Waals surface area contributed by atoms with Gasteiger partial charge in [-0.1, -0.05) is 38.0 Å². The van der Waals surface area contributed by atoms with Gasteiger partial charge in [0, 0.05) is 24.7 Å². The summed E-state index contributed by atoms with van der Waals surface area (Å²) in [5.41, 5.74) is 8.67. The largest absolute Gasteiger partial charge is 0.371 e. The van der Waals surface area contributed by atoms with Gasteiger partial charge >= 0.3 is 0 Å². The van der Waals surface area contributed by atoms with Gasteiger partial charge < -0.3 is 10.6 Å². The lowest BCUT2D eigenvalue weighted by molar-refractivity contribution is 0.623. The van der Waals surface area contributed by atoms with Crippen molar-refractivity contribution in [2.75, 3.05) is 24.5 Å². The van der Waals surface area contributed by atoms with E-state index < -0.39 is 0 Å². The number of benzene rings is 1. The molecule has 2 N–H and O–H groups in total. The summed E-state index contributed by atoms with van der Waals surface area (Å²) in [4.78, 5) is 2.55. The molecule has 1 heterocycles. The van der Waals surface area contributed by atoms with Crippen LogP contribution in [0, 0.1) is 0 Å². The van der Waals surface area contributed by atoms with Gasteiger partial charge in [-0.25, -0.2) is 0 Å². The topological polar surface area (TPSA) is 29.3 Å². The fourth-order valence-corrected chi connectivity index (χ4v) is 2.80. The van der Waals surface area contributed by atoms with Crippen LogP contribution in [0.1, 0.15) is 44.1 Å². The SMILES string of the molecule is CCCCCN1CC(CCN)c2ccccc21. The minimum absolute atomic E-state index is 0.651. The molecule has 0 aliphatic carbocycles. The average molecular weight is 232 g/mol. The summed E-state index contributed by atoms with van der Waals surface area (Å²) < 4.78 is 0. The Morgan fingerprint density at radius 1 is 1.29 bits per heavy atom. The maximum atomic E-state index is 5.71. The molecule has 94 valence electrons. The third-order valence-electron chi connectivity index (χ3n) is 3.70. The summed E-state index contributed by atoms with van der Waals surface area (Å²) in [5.74, 6) is 0.651.